The highest BCUT2D eigenvalue weighted by molar-refractivity contribution is 5.53. The second-order valence-electron chi connectivity index (χ2n) is 7.14. The van der Waals surface area contributed by atoms with Crippen LogP contribution in [0.25, 0.3) is 0 Å². The van der Waals surface area contributed by atoms with Crippen molar-refractivity contribution in [3.63, 3.8) is 0 Å². The first-order valence-corrected chi connectivity index (χ1v) is 8.70. The van der Waals surface area contributed by atoms with E-state index in [-0.39, 0.29) is 11.6 Å². The first kappa shape index (κ1) is 13.9. The number of benzene rings is 1. The Bertz CT molecular complexity index is 671. The molecule has 1 aromatic carbocycles. The van der Waals surface area contributed by atoms with Crippen molar-refractivity contribution in [3.8, 4) is 11.5 Å². The number of hydrogen-bond acceptors (Lipinski definition) is 4. The van der Waals surface area contributed by atoms with Gasteiger partial charge in [0.25, 0.3) is 0 Å². The van der Waals surface area contributed by atoms with Gasteiger partial charge in [-0.15, -0.1) is 0 Å². The van der Waals surface area contributed by atoms with Crippen LogP contribution in [0.1, 0.15) is 30.4 Å². The normalized spacial score (nSPS) is 34.7. The summed E-state index contributed by atoms with van der Waals surface area (Å²) < 4.78 is 17.0. The Hall–Kier alpha value is -1.52. The summed E-state index contributed by atoms with van der Waals surface area (Å²) in [5, 5.41) is 0. The van der Waals surface area contributed by atoms with Gasteiger partial charge >= 0.3 is 0 Å². The molecule has 4 heteroatoms. The molecule has 3 atom stereocenters. The van der Waals surface area contributed by atoms with Crippen molar-refractivity contribution >= 4 is 0 Å². The largest absolute Gasteiger partial charge is 0.454 e. The summed E-state index contributed by atoms with van der Waals surface area (Å²) in [6.07, 6.45) is 9.47. The highest BCUT2D eigenvalue weighted by Crippen LogP contribution is 2.54. The molecule has 23 heavy (non-hydrogen) atoms. The lowest BCUT2D eigenvalue weighted by Gasteiger charge is -2.45. The van der Waals surface area contributed by atoms with Gasteiger partial charge < -0.3 is 14.2 Å². The van der Waals surface area contributed by atoms with Crippen LogP contribution in [-0.4, -0.2) is 38.0 Å². The van der Waals surface area contributed by atoms with Crippen LogP contribution in [0, 0.1) is 5.92 Å². The lowest BCUT2D eigenvalue weighted by atomic mass is 9.70. The Balaban J connectivity index is 1.71. The summed E-state index contributed by atoms with van der Waals surface area (Å²) in [7, 11) is 1.82. The maximum absolute atomic E-state index is 5.72. The molecule has 0 bridgehead atoms. The molecular weight excluding hydrogens is 290 g/mol. The zero-order valence-electron chi connectivity index (χ0n) is 13.6. The van der Waals surface area contributed by atoms with E-state index in [0.717, 1.165) is 24.3 Å². The van der Waals surface area contributed by atoms with Gasteiger partial charge in [0.15, 0.2) is 11.5 Å². The molecule has 1 spiro atoms. The molecule has 4 aliphatic rings. The predicted octanol–water partition coefficient (Wildman–Crippen LogP) is 2.85. The fraction of sp³-hybridized carbons (Fsp3) is 0.579. The lowest BCUT2D eigenvalue weighted by molar-refractivity contribution is 0.0286. The molecule has 0 N–H and O–H groups in total. The summed E-state index contributed by atoms with van der Waals surface area (Å²) in [5.41, 5.74) is 2.96. The Morgan fingerprint density at radius 1 is 1.17 bits per heavy atom. The molecule has 5 rings (SSSR count). The van der Waals surface area contributed by atoms with Gasteiger partial charge in [-0.2, -0.15) is 0 Å². The summed E-state index contributed by atoms with van der Waals surface area (Å²) >= 11 is 0. The summed E-state index contributed by atoms with van der Waals surface area (Å²) in [6, 6.07) is 4.49. The quantitative estimate of drug-likeness (QED) is 0.746. The number of ether oxygens (including phenoxy) is 3. The van der Waals surface area contributed by atoms with Gasteiger partial charge in [0.2, 0.25) is 6.79 Å². The molecule has 0 aromatic heterocycles. The topological polar surface area (TPSA) is 30.9 Å². The summed E-state index contributed by atoms with van der Waals surface area (Å²) in [4.78, 5) is 2.71. The number of methoxy groups -OCH3 is 1. The number of rotatable bonds is 1. The average molecular weight is 313 g/mol. The molecule has 3 heterocycles. The molecule has 0 unspecified atom stereocenters. The van der Waals surface area contributed by atoms with E-state index < -0.39 is 0 Å². The van der Waals surface area contributed by atoms with Gasteiger partial charge in [-0.25, -0.2) is 0 Å². The predicted molar refractivity (Wildman–Crippen MR) is 86.8 cm³/mol. The molecule has 1 saturated heterocycles. The molecule has 4 nitrogen and oxygen atoms in total. The minimum Gasteiger partial charge on any atom is -0.454 e. The van der Waals surface area contributed by atoms with E-state index in [1.165, 1.54) is 37.1 Å². The van der Waals surface area contributed by atoms with Crippen molar-refractivity contribution in [2.24, 2.45) is 5.92 Å². The van der Waals surface area contributed by atoms with Crippen molar-refractivity contribution < 1.29 is 14.2 Å². The number of hydrogen-bond donors (Lipinski definition) is 0. The highest BCUT2D eigenvalue weighted by atomic mass is 16.7. The van der Waals surface area contributed by atoms with E-state index in [2.05, 4.69) is 29.2 Å². The van der Waals surface area contributed by atoms with Crippen LogP contribution in [0.2, 0.25) is 0 Å². The molecule has 0 radical (unpaired) electrons. The molecule has 1 fully saturated rings. The average Bonchev–Trinajstić information content (AvgIpc) is 3.15. The van der Waals surface area contributed by atoms with Crippen LogP contribution in [0.15, 0.2) is 24.3 Å². The fourth-order valence-corrected chi connectivity index (χ4v) is 5.14. The van der Waals surface area contributed by atoms with Crippen molar-refractivity contribution in [1.82, 2.24) is 4.90 Å². The Morgan fingerprint density at radius 3 is 2.91 bits per heavy atom. The zero-order valence-corrected chi connectivity index (χ0v) is 13.6. The zero-order chi connectivity index (χ0) is 15.4. The third-order valence-corrected chi connectivity index (χ3v) is 6.20. The summed E-state index contributed by atoms with van der Waals surface area (Å²) in [6.45, 7) is 2.69. The SMILES string of the molecule is CO[C@@H]1C=C[C@H]2CCN3CCCc4cc5c(cc4[C@]23C1)OCO5. The first-order chi connectivity index (χ1) is 11.3. The fourth-order valence-electron chi connectivity index (χ4n) is 5.14. The Kier molecular flexibility index (Phi) is 3.01. The molecule has 1 aliphatic carbocycles. The molecule has 122 valence electrons. The molecule has 0 saturated carbocycles. The first-order valence-electron chi connectivity index (χ1n) is 8.70. The van der Waals surface area contributed by atoms with Crippen LogP contribution in [0.3, 0.4) is 0 Å². The van der Waals surface area contributed by atoms with Gasteiger partial charge in [0.1, 0.15) is 0 Å². The third-order valence-electron chi connectivity index (χ3n) is 6.20. The number of fused-ring (bicyclic) bond motifs is 2. The second-order valence-corrected chi connectivity index (χ2v) is 7.14. The smallest absolute Gasteiger partial charge is 0.231 e. The van der Waals surface area contributed by atoms with E-state index >= 15 is 0 Å². The van der Waals surface area contributed by atoms with Gasteiger partial charge in [0.05, 0.1) is 11.6 Å². The van der Waals surface area contributed by atoms with Crippen molar-refractivity contribution in [3.05, 3.63) is 35.4 Å². The molecular formula is C19H23NO3. The molecule has 3 aliphatic heterocycles. The Labute approximate surface area is 137 Å². The summed E-state index contributed by atoms with van der Waals surface area (Å²) in [5.74, 6) is 2.40. The van der Waals surface area contributed by atoms with Crippen molar-refractivity contribution in [2.75, 3.05) is 27.0 Å². The second kappa shape index (κ2) is 4.99. The number of nitrogens with zero attached hydrogens (tertiary/aromatic N) is 1. The van der Waals surface area contributed by atoms with Gasteiger partial charge in [-0.05, 0) is 55.6 Å². The lowest BCUT2D eigenvalue weighted by Crippen LogP contribution is -2.48. The van der Waals surface area contributed by atoms with Gasteiger partial charge in [-0.3, -0.25) is 4.90 Å². The van der Waals surface area contributed by atoms with Gasteiger partial charge in [-0.1, -0.05) is 12.2 Å². The third kappa shape index (κ3) is 1.85. The van der Waals surface area contributed by atoms with E-state index in [1.807, 2.05) is 7.11 Å². The van der Waals surface area contributed by atoms with E-state index in [0.29, 0.717) is 12.7 Å². The minimum atomic E-state index is 0.0717. The minimum absolute atomic E-state index is 0.0717. The van der Waals surface area contributed by atoms with E-state index in [1.54, 1.807) is 0 Å². The van der Waals surface area contributed by atoms with Crippen LogP contribution in [0.4, 0.5) is 0 Å². The van der Waals surface area contributed by atoms with E-state index in [4.69, 9.17) is 14.2 Å². The van der Waals surface area contributed by atoms with Crippen LogP contribution in [0.5, 0.6) is 11.5 Å². The maximum Gasteiger partial charge on any atom is 0.231 e. The molecule has 0 amide bonds. The Morgan fingerprint density at radius 2 is 2.04 bits per heavy atom. The van der Waals surface area contributed by atoms with Gasteiger partial charge in [0, 0.05) is 19.4 Å². The van der Waals surface area contributed by atoms with Crippen LogP contribution in [-0.2, 0) is 16.7 Å². The maximum atomic E-state index is 5.72. The standard InChI is InChI=1S/C19H23NO3/c1-21-15-5-4-14-6-8-20-7-2-3-13-9-17-18(23-12-22-17)10-16(13)19(14,20)11-15/h4-5,9-10,14-15H,2-3,6-8,11-12H2,1H3/t14-,15+,19-/m0/s1. The van der Waals surface area contributed by atoms with Crippen molar-refractivity contribution in [2.45, 2.75) is 37.3 Å². The highest BCUT2D eigenvalue weighted by Gasteiger charge is 2.53. The van der Waals surface area contributed by atoms with E-state index in [9.17, 15) is 0 Å². The monoisotopic (exact) mass is 313 g/mol. The number of aryl methyl sites for hydroxylation is 1. The molecule has 1 aromatic rings. The van der Waals surface area contributed by atoms with Crippen molar-refractivity contribution in [1.29, 1.82) is 0 Å². The van der Waals surface area contributed by atoms with Crippen LogP contribution >= 0.6 is 0 Å². The van der Waals surface area contributed by atoms with Crippen LogP contribution < -0.4 is 9.47 Å².